The minimum absolute atomic E-state index is 0.00138. The van der Waals surface area contributed by atoms with Crippen LogP contribution in [0.25, 0.3) is 0 Å². The van der Waals surface area contributed by atoms with Crippen molar-refractivity contribution in [3.63, 3.8) is 0 Å². The second kappa shape index (κ2) is 8.26. The quantitative estimate of drug-likeness (QED) is 0.305. The number of nitrogens with one attached hydrogen (secondary N) is 1. The van der Waals surface area contributed by atoms with E-state index in [4.69, 9.17) is 15.9 Å². The lowest BCUT2D eigenvalue weighted by atomic mass is 10.3. The molecule has 0 rings (SSSR count). The number of allylic oxidation sites excluding steroid dienone is 1. The molecule has 0 saturated carbocycles. The summed E-state index contributed by atoms with van der Waals surface area (Å²) in [5.41, 5.74) is 6.11. The lowest BCUT2D eigenvalue weighted by Gasteiger charge is -1.97. The number of nitrogens with two attached hydrogens (primary N) is 1. The molecule has 0 saturated heterocycles. The van der Waals surface area contributed by atoms with Crippen LogP contribution in [0.4, 0.5) is 0 Å². The number of hydrogen-bond donors (Lipinski definition) is 4. The Labute approximate surface area is 72.4 Å². The fraction of sp³-hybridized carbons (Fsp3) is 0.500. The second-order valence-corrected chi connectivity index (χ2v) is 2.22. The van der Waals surface area contributed by atoms with Crippen LogP contribution in [0.2, 0.25) is 0 Å². The molecule has 0 heterocycles. The van der Waals surface area contributed by atoms with Gasteiger partial charge < -0.3 is 21.3 Å². The summed E-state index contributed by atoms with van der Waals surface area (Å²) in [5, 5.41) is 19.8. The van der Waals surface area contributed by atoms with E-state index in [2.05, 4.69) is 5.32 Å². The van der Waals surface area contributed by atoms with Crippen LogP contribution in [0, 0.1) is 0 Å². The van der Waals surface area contributed by atoms with Gasteiger partial charge in [0.05, 0.1) is 13.2 Å². The zero-order valence-electron chi connectivity index (χ0n) is 7.03. The first kappa shape index (κ1) is 11.2. The van der Waals surface area contributed by atoms with Gasteiger partial charge in [-0.3, -0.25) is 0 Å². The van der Waals surface area contributed by atoms with Crippen LogP contribution in [0.1, 0.15) is 0 Å². The highest BCUT2D eigenvalue weighted by atomic mass is 16.3. The zero-order chi connectivity index (χ0) is 9.23. The summed E-state index contributed by atoms with van der Waals surface area (Å²) < 4.78 is 0. The molecule has 0 aromatic rings. The summed E-state index contributed by atoms with van der Waals surface area (Å²) >= 11 is 0. The van der Waals surface area contributed by atoms with E-state index in [9.17, 15) is 0 Å². The van der Waals surface area contributed by atoms with Crippen LogP contribution in [0.3, 0.4) is 0 Å². The average Bonchev–Trinajstić information content (AvgIpc) is 2.09. The molecule has 4 nitrogen and oxygen atoms in total. The number of hydrogen-bond acceptors (Lipinski definition) is 4. The molecule has 0 aliphatic rings. The molecule has 5 N–H and O–H groups in total. The van der Waals surface area contributed by atoms with E-state index in [0.29, 0.717) is 18.8 Å². The number of rotatable bonds is 6. The molecule has 0 bridgehead atoms. The highest BCUT2D eigenvalue weighted by Gasteiger charge is 1.82. The number of aliphatic hydroxyl groups excluding tert-OH is 2. The minimum Gasteiger partial charge on any atom is -0.399 e. The highest BCUT2D eigenvalue weighted by Crippen LogP contribution is 1.84. The molecule has 0 aliphatic heterocycles. The molecule has 0 spiro atoms. The van der Waals surface area contributed by atoms with Crippen LogP contribution in [0.5, 0.6) is 0 Å². The van der Waals surface area contributed by atoms with Crippen molar-refractivity contribution < 1.29 is 10.2 Å². The largest absolute Gasteiger partial charge is 0.399 e. The molecule has 0 amide bonds. The molecule has 0 unspecified atom stereocenters. The van der Waals surface area contributed by atoms with E-state index < -0.39 is 0 Å². The van der Waals surface area contributed by atoms with Gasteiger partial charge in [-0.25, -0.2) is 0 Å². The molecule has 0 radical (unpaired) electrons. The predicted molar refractivity (Wildman–Crippen MR) is 48.5 cm³/mol. The van der Waals surface area contributed by atoms with Gasteiger partial charge in [-0.1, -0.05) is 6.08 Å². The SMILES string of the molecule is NC(/C=C\CO)=C/CNCCO. The molecule has 70 valence electrons. The Hall–Kier alpha value is -0.840. The Morgan fingerprint density at radius 2 is 2.17 bits per heavy atom. The van der Waals surface area contributed by atoms with Gasteiger partial charge in [-0.15, -0.1) is 0 Å². The first-order valence-electron chi connectivity index (χ1n) is 3.86. The van der Waals surface area contributed by atoms with E-state index in [0.717, 1.165) is 0 Å². The summed E-state index contributed by atoms with van der Waals surface area (Å²) in [4.78, 5) is 0. The van der Waals surface area contributed by atoms with E-state index in [1.165, 1.54) is 0 Å². The van der Waals surface area contributed by atoms with Crippen LogP contribution < -0.4 is 11.1 Å². The van der Waals surface area contributed by atoms with Crippen molar-refractivity contribution in [1.29, 1.82) is 0 Å². The van der Waals surface area contributed by atoms with Gasteiger partial charge in [0.1, 0.15) is 0 Å². The molecule has 0 aliphatic carbocycles. The third kappa shape index (κ3) is 7.27. The summed E-state index contributed by atoms with van der Waals surface area (Å²) in [7, 11) is 0. The molecule has 0 aromatic heterocycles. The monoisotopic (exact) mass is 172 g/mol. The van der Waals surface area contributed by atoms with Crippen molar-refractivity contribution in [2.24, 2.45) is 5.73 Å². The minimum atomic E-state index is -0.00138. The van der Waals surface area contributed by atoms with E-state index in [1.807, 2.05) is 0 Å². The molecule has 0 aromatic carbocycles. The normalized spacial score (nSPS) is 12.7. The van der Waals surface area contributed by atoms with Gasteiger partial charge in [-0.05, 0) is 12.2 Å². The molecule has 12 heavy (non-hydrogen) atoms. The summed E-state index contributed by atoms with van der Waals surface area (Å²) in [5.74, 6) is 0. The van der Waals surface area contributed by atoms with Gasteiger partial charge in [0.25, 0.3) is 0 Å². The van der Waals surface area contributed by atoms with Crippen LogP contribution in [-0.2, 0) is 0 Å². The van der Waals surface area contributed by atoms with Gasteiger partial charge in [0, 0.05) is 18.8 Å². The van der Waals surface area contributed by atoms with Gasteiger partial charge in [0.2, 0.25) is 0 Å². The van der Waals surface area contributed by atoms with Crippen molar-refractivity contribution in [2.75, 3.05) is 26.3 Å². The molecular formula is C8H16N2O2. The Kier molecular flexibility index (Phi) is 7.68. The summed E-state index contributed by atoms with van der Waals surface area (Å²) in [6.07, 6.45) is 4.99. The molecule has 0 atom stereocenters. The average molecular weight is 172 g/mol. The summed E-state index contributed by atoms with van der Waals surface area (Å²) in [6.45, 7) is 1.31. The van der Waals surface area contributed by atoms with Gasteiger partial charge in [0.15, 0.2) is 0 Å². The van der Waals surface area contributed by atoms with Crippen molar-refractivity contribution in [2.45, 2.75) is 0 Å². The maximum atomic E-state index is 8.41. The standard InChI is InChI=1S/C8H16N2O2/c9-8(2-1-6-11)3-4-10-5-7-12/h1-3,10-12H,4-7,9H2/b2-1-,8-3+. The maximum absolute atomic E-state index is 8.41. The van der Waals surface area contributed by atoms with E-state index in [-0.39, 0.29) is 13.2 Å². The van der Waals surface area contributed by atoms with Gasteiger partial charge in [-0.2, -0.15) is 0 Å². The number of aliphatic hydroxyl groups is 2. The Balaban J connectivity index is 3.47. The summed E-state index contributed by atoms with van der Waals surface area (Å²) in [6, 6.07) is 0. The highest BCUT2D eigenvalue weighted by molar-refractivity contribution is 5.14. The van der Waals surface area contributed by atoms with E-state index in [1.54, 1.807) is 18.2 Å². The predicted octanol–water partition coefficient (Wildman–Crippen LogP) is -1.04. The van der Waals surface area contributed by atoms with Crippen molar-refractivity contribution in [3.8, 4) is 0 Å². The van der Waals surface area contributed by atoms with Crippen LogP contribution in [-0.4, -0.2) is 36.5 Å². The third-order valence-corrected chi connectivity index (χ3v) is 1.19. The van der Waals surface area contributed by atoms with Crippen molar-refractivity contribution in [3.05, 3.63) is 23.9 Å². The first-order valence-corrected chi connectivity index (χ1v) is 3.86. The molecule has 0 fully saturated rings. The fourth-order valence-corrected chi connectivity index (χ4v) is 0.628. The maximum Gasteiger partial charge on any atom is 0.0616 e. The van der Waals surface area contributed by atoms with Crippen molar-refractivity contribution >= 4 is 0 Å². The fourth-order valence-electron chi connectivity index (χ4n) is 0.628. The lowest BCUT2D eigenvalue weighted by Crippen LogP contribution is -2.18. The second-order valence-electron chi connectivity index (χ2n) is 2.22. The first-order chi connectivity index (χ1) is 5.81. The van der Waals surface area contributed by atoms with Gasteiger partial charge >= 0.3 is 0 Å². The van der Waals surface area contributed by atoms with Crippen LogP contribution in [0.15, 0.2) is 23.9 Å². The zero-order valence-corrected chi connectivity index (χ0v) is 7.03. The Bertz CT molecular complexity index is 155. The lowest BCUT2D eigenvalue weighted by molar-refractivity contribution is 0.294. The van der Waals surface area contributed by atoms with Crippen LogP contribution >= 0.6 is 0 Å². The third-order valence-electron chi connectivity index (χ3n) is 1.19. The Morgan fingerprint density at radius 3 is 2.75 bits per heavy atom. The molecular weight excluding hydrogens is 156 g/mol. The topological polar surface area (TPSA) is 78.5 Å². The van der Waals surface area contributed by atoms with E-state index >= 15 is 0 Å². The smallest absolute Gasteiger partial charge is 0.0616 e. The van der Waals surface area contributed by atoms with Crippen molar-refractivity contribution in [1.82, 2.24) is 5.32 Å². The molecule has 4 heteroatoms. The Morgan fingerprint density at radius 1 is 1.42 bits per heavy atom.